The summed E-state index contributed by atoms with van der Waals surface area (Å²) in [4.78, 5) is 17.9. The molecule has 0 aliphatic carbocycles. The van der Waals surface area contributed by atoms with Crippen molar-refractivity contribution in [1.29, 1.82) is 0 Å². The zero-order valence-corrected chi connectivity index (χ0v) is 8.84. The Morgan fingerprint density at radius 3 is 1.50 bits per heavy atom. The van der Waals surface area contributed by atoms with Crippen molar-refractivity contribution in [3.8, 4) is 0 Å². The Balaban J connectivity index is -0.0000000267. The standard InChI is InChI=1S/C2H2O3.2Na.H2O/c3-1-2(4)5;;;/h1H,(H,4,5);;;1H2. The van der Waals surface area contributed by atoms with E-state index in [1.807, 2.05) is 0 Å². The maximum Gasteiger partial charge on any atom is 0.368 e. The quantitative estimate of drug-likeness (QED) is 0.251. The molecule has 0 heterocycles. The number of aliphatic carboxylic acids is 1. The Hall–Kier alpha value is 1.10. The number of rotatable bonds is 1. The molecule has 4 nitrogen and oxygen atoms in total. The molecule has 38 valence electrons. The zero-order chi connectivity index (χ0) is 4.28. The van der Waals surface area contributed by atoms with Crippen LogP contribution in [0.2, 0.25) is 0 Å². The van der Waals surface area contributed by atoms with E-state index in [4.69, 9.17) is 14.7 Å². The Bertz CT molecular complexity index is 63.1. The summed E-state index contributed by atoms with van der Waals surface area (Å²) < 4.78 is 0. The third-order valence-electron chi connectivity index (χ3n) is 0.101. The fourth-order valence-corrected chi connectivity index (χ4v) is 0. The first-order valence-electron chi connectivity index (χ1n) is 0.952. The van der Waals surface area contributed by atoms with Crippen molar-refractivity contribution < 1.29 is 20.2 Å². The van der Waals surface area contributed by atoms with Crippen LogP contribution in [0, 0.1) is 0 Å². The van der Waals surface area contributed by atoms with E-state index in [1.54, 1.807) is 0 Å². The van der Waals surface area contributed by atoms with Gasteiger partial charge in [0, 0.05) is 59.1 Å². The van der Waals surface area contributed by atoms with Gasteiger partial charge in [-0.25, -0.2) is 4.79 Å². The van der Waals surface area contributed by atoms with Crippen molar-refractivity contribution in [2.24, 2.45) is 0 Å². The van der Waals surface area contributed by atoms with Gasteiger partial charge in [0.25, 0.3) is 0 Å². The van der Waals surface area contributed by atoms with Crippen molar-refractivity contribution in [2.75, 3.05) is 0 Å². The molecule has 0 aromatic heterocycles. The minimum Gasteiger partial charge on any atom is -0.476 e. The summed E-state index contributed by atoms with van der Waals surface area (Å²) >= 11 is 0. The van der Waals surface area contributed by atoms with Gasteiger partial charge in [-0.05, 0) is 0 Å². The maximum atomic E-state index is 9.00. The number of carbonyl (C=O) groups is 2. The number of carboxylic acid groups (broad SMARTS) is 1. The van der Waals surface area contributed by atoms with Gasteiger partial charge in [0.1, 0.15) is 0 Å². The molecule has 2 radical (unpaired) electrons. The summed E-state index contributed by atoms with van der Waals surface area (Å²) in [7, 11) is 0. The molecule has 0 unspecified atom stereocenters. The first kappa shape index (κ1) is 23.0. The van der Waals surface area contributed by atoms with Gasteiger partial charge in [0.15, 0.2) is 0 Å². The molecular weight excluding hydrogens is 134 g/mol. The van der Waals surface area contributed by atoms with Crippen molar-refractivity contribution >= 4 is 71.4 Å². The van der Waals surface area contributed by atoms with Crippen molar-refractivity contribution in [3.63, 3.8) is 0 Å². The van der Waals surface area contributed by atoms with Crippen molar-refractivity contribution in [2.45, 2.75) is 0 Å². The van der Waals surface area contributed by atoms with E-state index in [0.717, 1.165) is 0 Å². The number of hydrogen-bond donors (Lipinski definition) is 1. The van der Waals surface area contributed by atoms with Crippen LogP contribution >= 0.6 is 0 Å². The zero-order valence-electron chi connectivity index (χ0n) is 4.84. The second kappa shape index (κ2) is 15.7. The van der Waals surface area contributed by atoms with E-state index in [-0.39, 0.29) is 70.9 Å². The number of aldehydes is 1. The van der Waals surface area contributed by atoms with Crippen LogP contribution in [0.5, 0.6) is 0 Å². The van der Waals surface area contributed by atoms with Gasteiger partial charge in [-0.2, -0.15) is 0 Å². The summed E-state index contributed by atoms with van der Waals surface area (Å²) in [6.45, 7) is 0. The molecule has 6 heteroatoms. The second-order valence-electron chi connectivity index (χ2n) is 0.456. The molecule has 8 heavy (non-hydrogen) atoms. The Morgan fingerprint density at radius 2 is 1.50 bits per heavy atom. The normalized spacial score (nSPS) is 4.00. The molecule has 0 saturated carbocycles. The molecule has 0 spiro atoms. The summed E-state index contributed by atoms with van der Waals surface area (Å²) in [5.41, 5.74) is 0. The van der Waals surface area contributed by atoms with Gasteiger partial charge in [-0.1, -0.05) is 0 Å². The second-order valence-corrected chi connectivity index (χ2v) is 0.456. The van der Waals surface area contributed by atoms with Crippen LogP contribution in [-0.2, 0) is 9.59 Å². The molecule has 0 aliphatic heterocycles. The Morgan fingerprint density at radius 1 is 1.38 bits per heavy atom. The number of hydrogen-bond acceptors (Lipinski definition) is 2. The SMILES string of the molecule is O.O=CC(=O)O.[Na].[Na]. The molecule has 0 rings (SSSR count). The fourth-order valence-electron chi connectivity index (χ4n) is 0. The van der Waals surface area contributed by atoms with E-state index in [0.29, 0.717) is 0 Å². The van der Waals surface area contributed by atoms with Gasteiger partial charge in [-0.3, -0.25) is 4.79 Å². The molecule has 0 amide bonds. The van der Waals surface area contributed by atoms with E-state index in [2.05, 4.69) is 0 Å². The molecule has 0 aromatic rings. The third-order valence-corrected chi connectivity index (χ3v) is 0.101. The van der Waals surface area contributed by atoms with Crippen LogP contribution < -0.4 is 0 Å². The van der Waals surface area contributed by atoms with Gasteiger partial charge in [0.2, 0.25) is 6.29 Å². The van der Waals surface area contributed by atoms with Crippen LogP contribution in [0.25, 0.3) is 0 Å². The first-order chi connectivity index (χ1) is 2.27. The average molecular weight is 138 g/mol. The molecule has 0 fully saturated rings. The minimum atomic E-state index is -1.43. The van der Waals surface area contributed by atoms with E-state index >= 15 is 0 Å². The molecule has 0 aromatic carbocycles. The third kappa shape index (κ3) is 27.5. The number of carbonyl (C=O) groups excluding carboxylic acids is 1. The van der Waals surface area contributed by atoms with Crippen molar-refractivity contribution in [1.82, 2.24) is 0 Å². The monoisotopic (exact) mass is 138 g/mol. The Labute approximate surface area is 90.5 Å². The predicted molar refractivity (Wildman–Crippen MR) is 28.8 cm³/mol. The minimum absolute atomic E-state index is 0. The summed E-state index contributed by atoms with van der Waals surface area (Å²) in [5.74, 6) is -1.43. The van der Waals surface area contributed by atoms with Crippen LogP contribution in [0.3, 0.4) is 0 Å². The summed E-state index contributed by atoms with van der Waals surface area (Å²) in [5, 5.41) is 7.35. The fraction of sp³-hybridized carbons (Fsp3) is 0. The molecule has 0 saturated heterocycles. The largest absolute Gasteiger partial charge is 0.476 e. The average Bonchev–Trinajstić information content (AvgIpc) is 1.38. The van der Waals surface area contributed by atoms with Crippen LogP contribution in [0.15, 0.2) is 0 Å². The van der Waals surface area contributed by atoms with E-state index in [1.165, 1.54) is 0 Å². The van der Waals surface area contributed by atoms with Gasteiger partial charge in [-0.15, -0.1) is 0 Å². The molecular formula is C2H4Na2O4. The smallest absolute Gasteiger partial charge is 0.368 e. The van der Waals surface area contributed by atoms with Crippen LogP contribution in [0.1, 0.15) is 0 Å². The molecule has 0 aliphatic rings. The Kier molecular flexibility index (Phi) is 45.0. The topological polar surface area (TPSA) is 85.9 Å². The summed E-state index contributed by atoms with van der Waals surface area (Å²) in [6, 6.07) is 0. The van der Waals surface area contributed by atoms with Crippen LogP contribution in [0.4, 0.5) is 0 Å². The molecule has 3 N–H and O–H groups in total. The van der Waals surface area contributed by atoms with Gasteiger partial charge in [0.05, 0.1) is 0 Å². The maximum absolute atomic E-state index is 9.00. The van der Waals surface area contributed by atoms with E-state index in [9.17, 15) is 0 Å². The molecule has 0 bridgehead atoms. The van der Waals surface area contributed by atoms with Gasteiger partial charge < -0.3 is 10.6 Å². The van der Waals surface area contributed by atoms with E-state index < -0.39 is 5.97 Å². The predicted octanol–water partition coefficient (Wildman–Crippen LogP) is -2.32. The molecule has 0 atom stereocenters. The van der Waals surface area contributed by atoms with Gasteiger partial charge >= 0.3 is 5.97 Å². The first-order valence-corrected chi connectivity index (χ1v) is 0.952. The van der Waals surface area contributed by atoms with Crippen LogP contribution in [-0.4, -0.2) is 82.0 Å². The van der Waals surface area contributed by atoms with Crippen molar-refractivity contribution in [3.05, 3.63) is 0 Å². The number of carboxylic acids is 1. The summed E-state index contributed by atoms with van der Waals surface area (Å²) in [6.07, 6.45) is -0.167.